The van der Waals surface area contributed by atoms with Gasteiger partial charge in [0.1, 0.15) is 0 Å². The van der Waals surface area contributed by atoms with Crippen molar-refractivity contribution in [2.45, 2.75) is 38.6 Å². The first-order valence-electron chi connectivity index (χ1n) is 12.3. The van der Waals surface area contributed by atoms with Crippen LogP contribution >= 0.6 is 11.6 Å². The molecule has 1 heterocycles. The fraction of sp³-hybridized carbons (Fsp3) is 0.481. The third-order valence-electron chi connectivity index (χ3n) is 6.79. The van der Waals surface area contributed by atoms with Gasteiger partial charge in [-0.05, 0) is 54.5 Å². The van der Waals surface area contributed by atoms with Crippen LogP contribution in [0.3, 0.4) is 0 Å². The molecule has 0 bridgehead atoms. The van der Waals surface area contributed by atoms with Crippen molar-refractivity contribution in [2.75, 3.05) is 44.2 Å². The van der Waals surface area contributed by atoms with Crippen LogP contribution < -0.4 is 10.6 Å². The zero-order chi connectivity index (χ0) is 23.9. The molecule has 7 heteroatoms. The van der Waals surface area contributed by atoms with Crippen molar-refractivity contribution in [1.29, 1.82) is 0 Å². The lowest BCUT2D eigenvalue weighted by Gasteiger charge is -2.37. The largest absolute Gasteiger partial charge is 0.370 e. The minimum atomic E-state index is -0.245. The predicted molar refractivity (Wildman–Crippen MR) is 137 cm³/mol. The number of carbonyl (C=O) groups is 2. The SMILES string of the molecule is NC(=O)CCN(Cc1ccccc1N1CCN(C(=O)CCc2ccc(Cl)cc2)CC1)CC1CC1. The van der Waals surface area contributed by atoms with Crippen molar-refractivity contribution in [1.82, 2.24) is 9.80 Å². The standard InChI is InChI=1S/C27H35ClN4O2/c28-24-10-7-21(8-11-24)9-12-27(34)32-17-15-31(16-18-32)25-4-2-1-3-23(25)20-30(14-13-26(29)33)19-22-5-6-22/h1-4,7-8,10-11,22H,5-6,9,12-20H2,(H2,29,33). The van der Waals surface area contributed by atoms with Gasteiger partial charge in [0.2, 0.25) is 11.8 Å². The first-order chi connectivity index (χ1) is 16.5. The third kappa shape index (κ3) is 7.21. The molecule has 0 unspecified atom stereocenters. The summed E-state index contributed by atoms with van der Waals surface area (Å²) in [5, 5.41) is 0.718. The van der Waals surface area contributed by atoms with E-state index in [1.54, 1.807) is 0 Å². The van der Waals surface area contributed by atoms with E-state index in [0.29, 0.717) is 19.4 Å². The second-order valence-corrected chi connectivity index (χ2v) is 9.95. The van der Waals surface area contributed by atoms with E-state index in [0.717, 1.165) is 62.2 Å². The van der Waals surface area contributed by atoms with E-state index in [2.05, 4.69) is 34.1 Å². The van der Waals surface area contributed by atoms with Gasteiger partial charge in [0.25, 0.3) is 0 Å². The third-order valence-corrected chi connectivity index (χ3v) is 7.04. The molecule has 2 aliphatic rings. The number of primary amides is 1. The maximum atomic E-state index is 12.8. The van der Waals surface area contributed by atoms with E-state index >= 15 is 0 Å². The number of benzene rings is 2. The highest BCUT2D eigenvalue weighted by atomic mass is 35.5. The molecule has 0 aromatic heterocycles. The Morgan fingerprint density at radius 3 is 2.35 bits per heavy atom. The topological polar surface area (TPSA) is 69.9 Å². The zero-order valence-electron chi connectivity index (χ0n) is 19.8. The smallest absolute Gasteiger partial charge is 0.223 e. The van der Waals surface area contributed by atoms with Crippen molar-refractivity contribution < 1.29 is 9.59 Å². The number of rotatable bonds is 11. The number of para-hydroxylation sites is 1. The molecular weight excluding hydrogens is 448 g/mol. The molecule has 2 fully saturated rings. The highest BCUT2D eigenvalue weighted by Gasteiger charge is 2.26. The Morgan fingerprint density at radius 1 is 0.971 bits per heavy atom. The molecule has 1 saturated carbocycles. The van der Waals surface area contributed by atoms with Crippen LogP contribution in [-0.4, -0.2) is 60.9 Å². The Kier molecular flexibility index (Phi) is 8.46. The van der Waals surface area contributed by atoms with Gasteiger partial charge in [-0.2, -0.15) is 0 Å². The summed E-state index contributed by atoms with van der Waals surface area (Å²) < 4.78 is 0. The molecule has 34 heavy (non-hydrogen) atoms. The maximum absolute atomic E-state index is 12.8. The van der Waals surface area contributed by atoms with Gasteiger partial charge in [-0.3, -0.25) is 14.5 Å². The molecule has 0 spiro atoms. The fourth-order valence-corrected chi connectivity index (χ4v) is 4.75. The summed E-state index contributed by atoms with van der Waals surface area (Å²) in [5.74, 6) is 0.721. The molecule has 0 atom stereocenters. The van der Waals surface area contributed by atoms with Gasteiger partial charge in [0, 0.05) is 69.4 Å². The predicted octanol–water partition coefficient (Wildman–Crippen LogP) is 3.71. The molecule has 2 aromatic rings. The lowest BCUT2D eigenvalue weighted by molar-refractivity contribution is -0.131. The van der Waals surface area contributed by atoms with Crippen molar-refractivity contribution in [2.24, 2.45) is 11.7 Å². The maximum Gasteiger partial charge on any atom is 0.223 e. The van der Waals surface area contributed by atoms with Crippen molar-refractivity contribution in [3.05, 3.63) is 64.7 Å². The van der Waals surface area contributed by atoms with E-state index in [4.69, 9.17) is 17.3 Å². The fourth-order valence-electron chi connectivity index (χ4n) is 4.62. The van der Waals surface area contributed by atoms with Crippen LogP contribution in [0.25, 0.3) is 0 Å². The van der Waals surface area contributed by atoms with E-state index in [-0.39, 0.29) is 11.8 Å². The van der Waals surface area contributed by atoms with Crippen molar-refractivity contribution in [3.63, 3.8) is 0 Å². The second kappa shape index (κ2) is 11.7. The zero-order valence-corrected chi connectivity index (χ0v) is 20.6. The van der Waals surface area contributed by atoms with Gasteiger partial charge >= 0.3 is 0 Å². The Balaban J connectivity index is 1.31. The van der Waals surface area contributed by atoms with Gasteiger partial charge in [-0.15, -0.1) is 0 Å². The van der Waals surface area contributed by atoms with Gasteiger partial charge in [-0.25, -0.2) is 0 Å². The number of carbonyl (C=O) groups excluding carboxylic acids is 2. The average Bonchev–Trinajstić information content (AvgIpc) is 3.66. The summed E-state index contributed by atoms with van der Waals surface area (Å²) in [6, 6.07) is 16.2. The van der Waals surface area contributed by atoms with Crippen molar-refractivity contribution in [3.8, 4) is 0 Å². The number of hydrogen-bond donors (Lipinski definition) is 1. The van der Waals surface area contributed by atoms with Crippen LogP contribution in [-0.2, 0) is 22.6 Å². The van der Waals surface area contributed by atoms with E-state index < -0.39 is 0 Å². The van der Waals surface area contributed by atoms with Gasteiger partial charge < -0.3 is 15.5 Å². The quantitative estimate of drug-likeness (QED) is 0.530. The van der Waals surface area contributed by atoms with Crippen LogP contribution in [0.4, 0.5) is 5.69 Å². The highest BCUT2D eigenvalue weighted by molar-refractivity contribution is 6.30. The lowest BCUT2D eigenvalue weighted by Crippen LogP contribution is -2.49. The van der Waals surface area contributed by atoms with E-state index in [1.807, 2.05) is 29.2 Å². The first-order valence-corrected chi connectivity index (χ1v) is 12.7. The molecule has 4 rings (SSSR count). The molecule has 1 aliphatic carbocycles. The molecule has 2 aromatic carbocycles. The molecule has 2 N–H and O–H groups in total. The number of nitrogens with two attached hydrogens (primary N) is 1. The van der Waals surface area contributed by atoms with Gasteiger partial charge in [0.05, 0.1) is 0 Å². The van der Waals surface area contributed by atoms with Crippen LogP contribution in [0.15, 0.2) is 48.5 Å². The van der Waals surface area contributed by atoms with Crippen molar-refractivity contribution >= 4 is 29.1 Å². The molecule has 182 valence electrons. The average molecular weight is 483 g/mol. The monoisotopic (exact) mass is 482 g/mol. The second-order valence-electron chi connectivity index (χ2n) is 9.52. The summed E-state index contributed by atoms with van der Waals surface area (Å²) >= 11 is 5.95. The Morgan fingerprint density at radius 2 is 1.68 bits per heavy atom. The van der Waals surface area contributed by atoms with Crippen LogP contribution in [0.5, 0.6) is 0 Å². The molecule has 1 saturated heterocycles. The lowest BCUT2D eigenvalue weighted by atomic mass is 10.1. The Hall–Kier alpha value is -2.57. The Bertz CT molecular complexity index is 969. The molecule has 1 aliphatic heterocycles. The molecule has 0 radical (unpaired) electrons. The number of nitrogens with zero attached hydrogens (tertiary/aromatic N) is 3. The van der Waals surface area contributed by atoms with Gasteiger partial charge in [-0.1, -0.05) is 41.9 Å². The molecular formula is C27H35ClN4O2. The summed E-state index contributed by atoms with van der Waals surface area (Å²) in [6.45, 7) is 5.68. The number of hydrogen-bond acceptors (Lipinski definition) is 4. The summed E-state index contributed by atoms with van der Waals surface area (Å²) in [4.78, 5) is 30.9. The number of anilines is 1. The number of aryl methyl sites for hydroxylation is 1. The molecule has 6 nitrogen and oxygen atoms in total. The van der Waals surface area contributed by atoms with Crippen LogP contribution in [0.2, 0.25) is 5.02 Å². The summed E-state index contributed by atoms with van der Waals surface area (Å²) in [6.07, 6.45) is 4.21. The first kappa shape index (κ1) is 24.6. The summed E-state index contributed by atoms with van der Waals surface area (Å²) in [5.41, 5.74) is 9.06. The summed E-state index contributed by atoms with van der Waals surface area (Å²) in [7, 11) is 0. The van der Waals surface area contributed by atoms with E-state index in [9.17, 15) is 9.59 Å². The van der Waals surface area contributed by atoms with E-state index in [1.165, 1.54) is 24.1 Å². The van der Waals surface area contributed by atoms with Crippen LogP contribution in [0, 0.1) is 5.92 Å². The van der Waals surface area contributed by atoms with Gasteiger partial charge in [0.15, 0.2) is 0 Å². The highest BCUT2D eigenvalue weighted by Crippen LogP contribution is 2.31. The normalized spacial score (nSPS) is 16.2. The minimum absolute atomic E-state index is 0.213. The van der Waals surface area contributed by atoms with Crippen LogP contribution in [0.1, 0.15) is 36.8 Å². The minimum Gasteiger partial charge on any atom is -0.370 e. The Labute approximate surface area is 207 Å². The number of amides is 2. The number of piperazine rings is 1. The number of halogens is 1. The molecule has 2 amide bonds.